The monoisotopic (exact) mass is 620 g/mol. The lowest BCUT2D eigenvalue weighted by atomic mass is 10.0. The van der Waals surface area contributed by atoms with Crippen LogP contribution in [0.15, 0.2) is 61.2 Å². The van der Waals surface area contributed by atoms with Crippen molar-refractivity contribution in [2.24, 2.45) is 11.5 Å². The van der Waals surface area contributed by atoms with Gasteiger partial charge in [0.05, 0.1) is 23.8 Å². The summed E-state index contributed by atoms with van der Waals surface area (Å²) in [6, 6.07) is 7.57. The Bertz CT molecular complexity index is 1650. The van der Waals surface area contributed by atoms with E-state index in [0.717, 1.165) is 5.39 Å². The van der Waals surface area contributed by atoms with Crippen molar-refractivity contribution in [1.29, 1.82) is 0 Å². The molecule has 0 aliphatic rings. The van der Waals surface area contributed by atoms with Crippen molar-refractivity contribution in [2.75, 3.05) is 6.54 Å². The number of nitro benzene ring substituents is 1. The van der Waals surface area contributed by atoms with Gasteiger partial charge >= 0.3 is 5.97 Å². The van der Waals surface area contributed by atoms with Gasteiger partial charge in [0, 0.05) is 59.5 Å². The predicted octanol–water partition coefficient (Wildman–Crippen LogP) is 1.32. The van der Waals surface area contributed by atoms with Crippen LogP contribution >= 0.6 is 0 Å². The Balaban J connectivity index is 1.64. The van der Waals surface area contributed by atoms with Gasteiger partial charge in [0.15, 0.2) is 0 Å². The summed E-state index contributed by atoms with van der Waals surface area (Å²) in [5.74, 6) is -2.66. The summed E-state index contributed by atoms with van der Waals surface area (Å²) >= 11 is 0. The Morgan fingerprint density at radius 2 is 1.80 bits per heavy atom. The number of carboxylic acid groups (broad SMARTS) is 1. The normalized spacial score (nSPS) is 13.2. The van der Waals surface area contributed by atoms with E-state index < -0.39 is 40.8 Å². The van der Waals surface area contributed by atoms with Crippen LogP contribution in [-0.2, 0) is 33.8 Å². The van der Waals surface area contributed by atoms with Crippen LogP contribution in [-0.4, -0.2) is 72.1 Å². The number of aromatic amines is 1. The molecule has 45 heavy (non-hydrogen) atoms. The molecule has 0 bridgehead atoms. The summed E-state index contributed by atoms with van der Waals surface area (Å²) < 4.78 is 1.77. The number of nitrogens with zero attached hydrogens (tertiary/aromatic N) is 3. The van der Waals surface area contributed by atoms with Crippen LogP contribution in [0.3, 0.4) is 0 Å². The molecule has 0 fully saturated rings. The van der Waals surface area contributed by atoms with E-state index in [1.807, 2.05) is 12.1 Å². The minimum Gasteiger partial charge on any atom is -0.508 e. The van der Waals surface area contributed by atoms with Gasteiger partial charge in [-0.05, 0) is 43.5 Å². The number of fused-ring (bicyclic) bond motifs is 1. The van der Waals surface area contributed by atoms with Crippen molar-refractivity contribution in [3.63, 3.8) is 0 Å². The third kappa shape index (κ3) is 8.43. The molecule has 0 saturated heterocycles. The number of imidazole rings is 1. The third-order valence-electron chi connectivity index (χ3n) is 7.44. The first-order valence-electron chi connectivity index (χ1n) is 14.4. The second-order valence-electron chi connectivity index (χ2n) is 10.7. The minimum atomic E-state index is -1.21. The zero-order chi connectivity index (χ0) is 32.5. The molecule has 2 aromatic carbocycles. The number of aliphatic carboxylic acids is 1. The van der Waals surface area contributed by atoms with Crippen molar-refractivity contribution in [3.05, 3.63) is 88.1 Å². The van der Waals surface area contributed by atoms with E-state index in [2.05, 4.69) is 20.6 Å². The maximum Gasteiger partial charge on any atom is 0.326 e. The Hall–Kier alpha value is -5.28. The van der Waals surface area contributed by atoms with E-state index in [1.165, 1.54) is 30.7 Å². The van der Waals surface area contributed by atoms with Crippen molar-refractivity contribution < 1.29 is 29.5 Å². The fourth-order valence-electron chi connectivity index (χ4n) is 5.07. The Morgan fingerprint density at radius 3 is 2.49 bits per heavy atom. The van der Waals surface area contributed by atoms with Gasteiger partial charge in [0.1, 0.15) is 17.8 Å². The van der Waals surface area contributed by atoms with Gasteiger partial charge in [-0.2, -0.15) is 0 Å². The number of hydrogen-bond donors (Lipinski definition) is 7. The number of nitrogens with one attached hydrogen (secondary N) is 3. The lowest BCUT2D eigenvalue weighted by molar-refractivity contribution is -0.384. The number of phenolic OH excluding ortho intramolecular Hbond substituents is 1. The first-order chi connectivity index (χ1) is 21.6. The number of nitro groups is 1. The molecule has 0 saturated carbocycles. The second kappa shape index (κ2) is 14.9. The van der Waals surface area contributed by atoms with E-state index in [4.69, 9.17) is 11.5 Å². The van der Waals surface area contributed by atoms with E-state index in [0.29, 0.717) is 41.7 Å². The number of aromatic hydroxyl groups is 1. The van der Waals surface area contributed by atoms with Gasteiger partial charge < -0.3 is 41.9 Å². The molecule has 15 heteroatoms. The van der Waals surface area contributed by atoms with Gasteiger partial charge in [-0.3, -0.25) is 19.7 Å². The number of unbranched alkanes of at least 4 members (excludes halogenated alkanes) is 1. The maximum absolute atomic E-state index is 13.6. The molecule has 238 valence electrons. The smallest absolute Gasteiger partial charge is 0.326 e. The van der Waals surface area contributed by atoms with Gasteiger partial charge in [-0.25, -0.2) is 9.78 Å². The molecule has 9 N–H and O–H groups in total. The van der Waals surface area contributed by atoms with Crippen molar-refractivity contribution in [1.82, 2.24) is 25.2 Å². The number of hydrogen-bond acceptors (Lipinski definition) is 9. The highest BCUT2D eigenvalue weighted by Crippen LogP contribution is 2.28. The Morgan fingerprint density at radius 1 is 1.04 bits per heavy atom. The number of carbonyl (C=O) groups excluding carboxylic acids is 2. The molecule has 0 unspecified atom stereocenters. The fourth-order valence-corrected chi connectivity index (χ4v) is 5.07. The zero-order valence-electron chi connectivity index (χ0n) is 24.4. The van der Waals surface area contributed by atoms with Crippen LogP contribution in [0.1, 0.15) is 36.1 Å². The molecule has 15 nitrogen and oxygen atoms in total. The number of phenols is 1. The molecule has 2 aromatic heterocycles. The van der Waals surface area contributed by atoms with Gasteiger partial charge in [0.25, 0.3) is 5.69 Å². The number of carbonyl (C=O) groups is 3. The van der Waals surface area contributed by atoms with Crippen molar-refractivity contribution in [3.8, 4) is 5.75 Å². The number of H-pyrrole nitrogens is 1. The average molecular weight is 621 g/mol. The number of amides is 2. The number of benzene rings is 2. The molecule has 0 aliphatic carbocycles. The molecule has 4 aromatic rings. The molecule has 0 aliphatic heterocycles. The lowest BCUT2D eigenvalue weighted by Crippen LogP contribution is -2.55. The van der Waals surface area contributed by atoms with Crippen LogP contribution in [0.5, 0.6) is 5.75 Å². The number of carboxylic acids is 1. The summed E-state index contributed by atoms with van der Waals surface area (Å²) in [7, 11) is 0. The molecule has 2 heterocycles. The first kappa shape index (κ1) is 32.6. The van der Waals surface area contributed by atoms with E-state index >= 15 is 0 Å². The zero-order valence-corrected chi connectivity index (χ0v) is 24.4. The average Bonchev–Trinajstić information content (AvgIpc) is 3.65. The largest absolute Gasteiger partial charge is 0.508 e. The molecule has 3 atom stereocenters. The van der Waals surface area contributed by atoms with E-state index in [9.17, 15) is 34.7 Å². The van der Waals surface area contributed by atoms with E-state index in [1.54, 1.807) is 22.9 Å². The quantitative estimate of drug-likeness (QED) is 0.0538. The van der Waals surface area contributed by atoms with Gasteiger partial charge in [-0.1, -0.05) is 18.2 Å². The number of nitrogens with two attached hydrogens (primary N) is 2. The summed E-state index contributed by atoms with van der Waals surface area (Å²) in [5.41, 5.74) is 13.8. The fraction of sp³-hybridized carbons (Fsp3) is 0.333. The summed E-state index contributed by atoms with van der Waals surface area (Å²) in [6.45, 7) is 0.458. The highest BCUT2D eigenvalue weighted by Gasteiger charge is 2.29. The molecule has 0 spiro atoms. The first-order valence-corrected chi connectivity index (χ1v) is 14.4. The molecule has 2 amide bonds. The second-order valence-corrected chi connectivity index (χ2v) is 10.7. The van der Waals surface area contributed by atoms with Gasteiger partial charge in [-0.15, -0.1) is 0 Å². The summed E-state index contributed by atoms with van der Waals surface area (Å²) in [5, 5.41) is 37.5. The van der Waals surface area contributed by atoms with Crippen LogP contribution in [0, 0.1) is 10.1 Å². The summed E-state index contributed by atoms with van der Waals surface area (Å²) in [6.07, 6.45) is 6.04. The topological polar surface area (TPSA) is 245 Å². The van der Waals surface area contributed by atoms with Crippen LogP contribution < -0.4 is 22.1 Å². The Kier molecular flexibility index (Phi) is 10.8. The predicted molar refractivity (Wildman–Crippen MR) is 164 cm³/mol. The number of rotatable bonds is 16. The van der Waals surface area contributed by atoms with Crippen LogP contribution in [0.2, 0.25) is 0 Å². The van der Waals surface area contributed by atoms with Crippen LogP contribution in [0.25, 0.3) is 10.9 Å². The number of non-ortho nitro benzene ring substituents is 1. The Labute approximate surface area is 257 Å². The molecular weight excluding hydrogens is 584 g/mol. The standard InChI is InChI=1S/C30H36N8O7/c31-10-4-3-6-24(30(42)43)35-29(41)25(36-28(40)23(32)13-20-14-33-17-34-20)12-18-15-37(26-7-2-1-5-22(18)26)16-19-11-21(38(44)45)8-9-27(19)39/h1-2,5,7-9,11,14-15,17,23-25,39H,3-4,6,10,12-13,16,31-32H2,(H,33,34)(H,35,41)(H,36,40)(H,42,43)/t23-,24-,25-/m0/s1. The third-order valence-corrected chi connectivity index (χ3v) is 7.44. The molecular formula is C30H36N8O7. The van der Waals surface area contributed by atoms with Crippen molar-refractivity contribution >= 4 is 34.4 Å². The SMILES string of the molecule is NCCCC[C@H](NC(=O)[C@H](Cc1cn(Cc2cc([N+](=O)[O-])ccc2O)c2ccccc12)NC(=O)[C@@H](N)Cc1cnc[nH]1)C(=O)O. The number of para-hydroxylation sites is 1. The van der Waals surface area contributed by atoms with Gasteiger partial charge in [0.2, 0.25) is 11.8 Å². The van der Waals surface area contributed by atoms with Crippen LogP contribution in [0.4, 0.5) is 5.69 Å². The minimum absolute atomic E-state index is 0.0298. The maximum atomic E-state index is 13.6. The summed E-state index contributed by atoms with van der Waals surface area (Å²) in [4.78, 5) is 56.2. The molecule has 0 radical (unpaired) electrons. The molecule has 4 rings (SSSR count). The van der Waals surface area contributed by atoms with Crippen molar-refractivity contribution in [2.45, 2.75) is 56.8 Å². The highest BCUT2D eigenvalue weighted by atomic mass is 16.6. The highest BCUT2D eigenvalue weighted by molar-refractivity contribution is 5.93. The number of aromatic nitrogens is 3. The van der Waals surface area contributed by atoms with E-state index in [-0.39, 0.29) is 37.2 Å². The lowest BCUT2D eigenvalue weighted by Gasteiger charge is -2.23.